The number of piperazine rings is 1. The van der Waals surface area contributed by atoms with Crippen molar-refractivity contribution in [3.63, 3.8) is 0 Å². The number of furan rings is 1. The van der Waals surface area contributed by atoms with E-state index in [4.69, 9.17) is 4.42 Å². The summed E-state index contributed by atoms with van der Waals surface area (Å²) in [4.78, 5) is 41.4. The first-order chi connectivity index (χ1) is 15.3. The zero-order valence-electron chi connectivity index (χ0n) is 18.4. The molecule has 0 saturated carbocycles. The SMILES string of the molecule is CC(=O)c1ccc(N2CCN(C(=O)C(C)(C)n3nc(-c4ccco4)ccc3=O)CC2)cc1. The standard InChI is InChI=1S/C24H26N4O4/c1-17(29)18-6-8-19(9-7-18)26-12-14-27(15-13-26)23(31)24(2,3)28-22(30)11-10-20(25-28)21-5-4-16-32-21/h4-11,16H,12-15H2,1-3H3. The minimum atomic E-state index is -1.15. The van der Waals surface area contributed by atoms with Gasteiger partial charge in [0, 0.05) is 43.5 Å². The lowest BCUT2D eigenvalue weighted by atomic mass is 10.0. The predicted molar refractivity (Wildman–Crippen MR) is 121 cm³/mol. The maximum Gasteiger partial charge on any atom is 0.267 e. The van der Waals surface area contributed by atoms with E-state index < -0.39 is 5.54 Å². The molecular weight excluding hydrogens is 408 g/mol. The first-order valence-corrected chi connectivity index (χ1v) is 10.6. The van der Waals surface area contributed by atoms with E-state index in [0.29, 0.717) is 43.2 Å². The van der Waals surface area contributed by atoms with Crippen LogP contribution >= 0.6 is 0 Å². The van der Waals surface area contributed by atoms with Crippen molar-refractivity contribution in [3.8, 4) is 11.5 Å². The smallest absolute Gasteiger partial charge is 0.267 e. The third-order valence-corrected chi connectivity index (χ3v) is 5.83. The molecule has 1 amide bonds. The zero-order chi connectivity index (χ0) is 22.9. The summed E-state index contributed by atoms with van der Waals surface area (Å²) in [6, 6.07) is 14.0. The highest BCUT2D eigenvalue weighted by atomic mass is 16.3. The Bertz CT molecular complexity index is 1170. The average Bonchev–Trinajstić information content (AvgIpc) is 3.34. The number of Topliss-reactive ketones (excluding diaryl/α,β-unsaturated/α-hetero) is 1. The summed E-state index contributed by atoms with van der Waals surface area (Å²) in [5.41, 5.74) is 0.701. The van der Waals surface area contributed by atoms with Crippen LogP contribution in [0, 0.1) is 0 Å². The third kappa shape index (κ3) is 4.08. The highest BCUT2D eigenvalue weighted by Gasteiger charge is 2.37. The first-order valence-electron chi connectivity index (χ1n) is 10.6. The number of hydrogen-bond donors (Lipinski definition) is 0. The van der Waals surface area contributed by atoms with E-state index in [1.165, 1.54) is 17.0 Å². The largest absolute Gasteiger partial charge is 0.463 e. The van der Waals surface area contributed by atoms with Crippen molar-refractivity contribution in [2.75, 3.05) is 31.1 Å². The number of aromatic nitrogens is 2. The van der Waals surface area contributed by atoms with Crippen molar-refractivity contribution in [2.24, 2.45) is 0 Å². The Balaban J connectivity index is 1.48. The topological polar surface area (TPSA) is 88.7 Å². The Morgan fingerprint density at radius 3 is 2.25 bits per heavy atom. The van der Waals surface area contributed by atoms with E-state index in [1.54, 1.807) is 43.9 Å². The van der Waals surface area contributed by atoms with Gasteiger partial charge in [-0.1, -0.05) is 0 Å². The molecule has 2 aromatic heterocycles. The molecule has 166 valence electrons. The van der Waals surface area contributed by atoms with Gasteiger partial charge in [-0.05, 0) is 63.2 Å². The minimum absolute atomic E-state index is 0.0363. The molecule has 0 aliphatic carbocycles. The first kappa shape index (κ1) is 21.5. The fourth-order valence-electron chi connectivity index (χ4n) is 3.92. The van der Waals surface area contributed by atoms with Crippen LogP contribution in [0.5, 0.6) is 0 Å². The maximum absolute atomic E-state index is 13.4. The van der Waals surface area contributed by atoms with E-state index in [0.717, 1.165) is 5.69 Å². The van der Waals surface area contributed by atoms with Gasteiger partial charge in [0.25, 0.3) is 5.56 Å². The van der Waals surface area contributed by atoms with Gasteiger partial charge in [-0.3, -0.25) is 14.4 Å². The van der Waals surface area contributed by atoms with Crippen LogP contribution in [0.2, 0.25) is 0 Å². The maximum atomic E-state index is 13.4. The molecule has 0 unspecified atom stereocenters. The average molecular weight is 434 g/mol. The Hall–Kier alpha value is -3.68. The Kier molecular flexibility index (Phi) is 5.69. The van der Waals surface area contributed by atoms with Crippen LogP contribution in [0.25, 0.3) is 11.5 Å². The number of carbonyl (C=O) groups excluding carboxylic acids is 2. The molecule has 0 N–H and O–H groups in total. The summed E-state index contributed by atoms with van der Waals surface area (Å²) in [6.45, 7) is 7.36. The number of anilines is 1. The summed E-state index contributed by atoms with van der Waals surface area (Å²) in [5.74, 6) is 0.413. The highest BCUT2D eigenvalue weighted by molar-refractivity contribution is 5.94. The molecule has 8 heteroatoms. The molecule has 1 aliphatic rings. The molecule has 3 aromatic rings. The molecule has 3 heterocycles. The molecule has 0 atom stereocenters. The van der Waals surface area contributed by atoms with E-state index in [-0.39, 0.29) is 17.2 Å². The molecule has 32 heavy (non-hydrogen) atoms. The van der Waals surface area contributed by atoms with Crippen LogP contribution in [0.1, 0.15) is 31.1 Å². The number of carbonyl (C=O) groups is 2. The lowest BCUT2D eigenvalue weighted by Gasteiger charge is -2.39. The van der Waals surface area contributed by atoms with Gasteiger partial charge in [0.2, 0.25) is 5.91 Å². The van der Waals surface area contributed by atoms with Crippen LogP contribution in [-0.4, -0.2) is 52.5 Å². The molecule has 1 aromatic carbocycles. The summed E-state index contributed by atoms with van der Waals surface area (Å²) < 4.78 is 6.62. The summed E-state index contributed by atoms with van der Waals surface area (Å²) >= 11 is 0. The molecule has 0 spiro atoms. The van der Waals surface area contributed by atoms with Gasteiger partial charge >= 0.3 is 0 Å². The van der Waals surface area contributed by atoms with Crippen molar-refractivity contribution >= 4 is 17.4 Å². The fraction of sp³-hybridized carbons (Fsp3) is 0.333. The quantitative estimate of drug-likeness (QED) is 0.574. The van der Waals surface area contributed by atoms with E-state index >= 15 is 0 Å². The Labute approximate surface area is 186 Å². The molecule has 8 nitrogen and oxygen atoms in total. The molecule has 1 aliphatic heterocycles. The summed E-state index contributed by atoms with van der Waals surface area (Å²) in [5, 5.41) is 4.41. The minimum Gasteiger partial charge on any atom is -0.463 e. The van der Waals surface area contributed by atoms with Crippen molar-refractivity contribution in [1.82, 2.24) is 14.7 Å². The molecule has 0 bridgehead atoms. The second-order valence-electron chi connectivity index (χ2n) is 8.39. The van der Waals surface area contributed by atoms with Gasteiger partial charge in [-0.2, -0.15) is 5.10 Å². The lowest BCUT2D eigenvalue weighted by Crippen LogP contribution is -2.56. The molecule has 1 fully saturated rings. The summed E-state index contributed by atoms with van der Waals surface area (Å²) in [6.07, 6.45) is 1.54. The molecular formula is C24H26N4O4. The van der Waals surface area contributed by atoms with Gasteiger partial charge in [0.15, 0.2) is 11.5 Å². The van der Waals surface area contributed by atoms with E-state index in [1.807, 2.05) is 24.3 Å². The fourth-order valence-corrected chi connectivity index (χ4v) is 3.92. The van der Waals surface area contributed by atoms with Crippen LogP contribution in [0.4, 0.5) is 5.69 Å². The van der Waals surface area contributed by atoms with Crippen molar-refractivity contribution in [2.45, 2.75) is 26.3 Å². The summed E-state index contributed by atoms with van der Waals surface area (Å²) in [7, 11) is 0. The van der Waals surface area contributed by atoms with Crippen LogP contribution in [0.3, 0.4) is 0 Å². The van der Waals surface area contributed by atoms with Gasteiger partial charge in [-0.25, -0.2) is 4.68 Å². The van der Waals surface area contributed by atoms with Gasteiger partial charge in [0.1, 0.15) is 11.2 Å². The number of ketones is 1. The Morgan fingerprint density at radius 2 is 1.66 bits per heavy atom. The number of hydrogen-bond acceptors (Lipinski definition) is 6. The number of benzene rings is 1. The van der Waals surface area contributed by atoms with Crippen LogP contribution in [-0.2, 0) is 10.3 Å². The molecule has 1 saturated heterocycles. The third-order valence-electron chi connectivity index (χ3n) is 5.83. The van der Waals surface area contributed by atoms with E-state index in [2.05, 4.69) is 10.00 Å². The van der Waals surface area contributed by atoms with Crippen LogP contribution < -0.4 is 10.5 Å². The second kappa shape index (κ2) is 8.45. The van der Waals surface area contributed by atoms with Crippen LogP contribution in [0.15, 0.2) is 64.0 Å². The predicted octanol–water partition coefficient (Wildman–Crippen LogP) is 2.79. The number of nitrogens with zero attached hydrogens (tertiary/aromatic N) is 4. The molecule has 0 radical (unpaired) electrons. The van der Waals surface area contributed by atoms with Gasteiger partial charge in [-0.15, -0.1) is 0 Å². The molecule has 4 rings (SSSR count). The zero-order valence-corrected chi connectivity index (χ0v) is 18.4. The number of rotatable bonds is 5. The normalized spacial score (nSPS) is 14.5. The van der Waals surface area contributed by atoms with Crippen molar-refractivity contribution < 1.29 is 14.0 Å². The highest BCUT2D eigenvalue weighted by Crippen LogP contribution is 2.22. The van der Waals surface area contributed by atoms with E-state index in [9.17, 15) is 14.4 Å². The monoisotopic (exact) mass is 434 g/mol. The lowest BCUT2D eigenvalue weighted by molar-refractivity contribution is -0.140. The number of amides is 1. The van der Waals surface area contributed by atoms with Crippen molar-refractivity contribution in [1.29, 1.82) is 0 Å². The second-order valence-corrected chi connectivity index (χ2v) is 8.39. The Morgan fingerprint density at radius 1 is 0.969 bits per heavy atom. The van der Waals surface area contributed by atoms with Crippen molar-refractivity contribution in [3.05, 3.63) is 70.7 Å². The van der Waals surface area contributed by atoms with Gasteiger partial charge in [0.05, 0.1) is 6.26 Å². The van der Waals surface area contributed by atoms with Gasteiger partial charge < -0.3 is 14.2 Å².